The Morgan fingerprint density at radius 1 is 0.464 bits per heavy atom. The normalized spacial score (nSPS) is 39.6. The second-order valence-electron chi connectivity index (χ2n) is 20.3. The van der Waals surface area contributed by atoms with E-state index in [0.717, 1.165) is 34.9 Å². The Balaban J connectivity index is 1.80. The van der Waals surface area contributed by atoms with E-state index in [0.29, 0.717) is 35.6 Å². The Labute approximate surface area is 350 Å². The highest BCUT2D eigenvalue weighted by atomic mass is 29.6. The molecule has 19 heteroatoms. The zero-order chi connectivity index (χ0) is 41.2. The maximum absolute atomic E-state index is 8.24. The van der Waals surface area contributed by atoms with Gasteiger partial charge in [0.1, 0.15) is 0 Å². The summed E-state index contributed by atoms with van der Waals surface area (Å²) < 4.78 is 81.0. The van der Waals surface area contributed by atoms with Crippen LogP contribution in [-0.2, 0) is 41.2 Å². The average Bonchev–Trinajstić information content (AvgIpc) is 2.94. The van der Waals surface area contributed by atoms with E-state index in [-0.39, 0.29) is 38.1 Å². The third kappa shape index (κ3) is 9.91. The fraction of sp³-hybridized carbons (Fsp3) is 0.784. The predicted molar refractivity (Wildman–Crippen MR) is 241 cm³/mol. The molecule has 0 spiro atoms. The minimum atomic E-state index is -4.05. The van der Waals surface area contributed by atoms with Crippen molar-refractivity contribution in [2.45, 2.75) is 145 Å². The van der Waals surface area contributed by atoms with Gasteiger partial charge in [0.2, 0.25) is 0 Å². The van der Waals surface area contributed by atoms with Gasteiger partial charge >= 0.3 is 52.3 Å². The second kappa shape index (κ2) is 16.7. The van der Waals surface area contributed by atoms with Crippen molar-refractivity contribution < 1.29 is 41.2 Å². The molecule has 0 N–H and O–H groups in total. The highest BCUT2D eigenvalue weighted by Crippen LogP contribution is 2.55. The minimum Gasteiger partial charge on any atom is -0.418 e. The topological polar surface area (TPSA) is 92.3 Å². The van der Waals surface area contributed by atoms with E-state index >= 15 is 0 Å². The van der Waals surface area contributed by atoms with Gasteiger partial charge in [-0.25, -0.2) is 0 Å². The first-order chi connectivity index (χ1) is 25.9. The fourth-order valence-electron chi connectivity index (χ4n) is 9.57. The Hall–Kier alpha value is 0.512. The smallest absolute Gasteiger partial charge is 0.418 e. The Kier molecular flexibility index (Phi) is 13.7. The molecule has 1 aromatic rings. The largest absolute Gasteiger partial charge is 0.513 e. The Bertz CT molecular complexity index is 1400. The lowest BCUT2D eigenvalue weighted by Gasteiger charge is -2.65. The van der Waals surface area contributed by atoms with E-state index in [1.54, 1.807) is 0 Å². The van der Waals surface area contributed by atoms with Crippen molar-refractivity contribution in [2.75, 3.05) is 0 Å². The molecule has 8 unspecified atom stereocenters. The molecule has 316 valence electrons. The first-order valence-electron chi connectivity index (χ1n) is 21.5. The number of hydrogen-bond acceptors (Lipinski definition) is 10. The van der Waals surface area contributed by atoms with Gasteiger partial charge in [-0.2, -0.15) is 0 Å². The van der Waals surface area contributed by atoms with E-state index in [2.05, 4.69) is 128 Å². The molecule has 6 saturated heterocycles. The first kappa shape index (κ1) is 46.0. The van der Waals surface area contributed by atoms with Crippen LogP contribution in [0.2, 0.25) is 48.0 Å². The van der Waals surface area contributed by atoms with E-state index in [1.807, 2.05) is 6.08 Å². The third-order valence-corrected chi connectivity index (χ3v) is 65.7. The van der Waals surface area contributed by atoms with E-state index < -0.39 is 68.5 Å². The van der Waals surface area contributed by atoms with Crippen LogP contribution in [-0.4, -0.2) is 77.1 Å². The minimum absolute atomic E-state index is 0.181. The van der Waals surface area contributed by atoms with Crippen LogP contribution >= 0.6 is 0 Å². The summed E-state index contributed by atoms with van der Waals surface area (Å²) in [6.07, 6.45) is 1.87. The maximum Gasteiger partial charge on any atom is 0.513 e. The summed E-state index contributed by atoms with van der Waals surface area (Å²) in [7, 11) is -28.5. The molecular weight excluding hydrogens is 857 g/mol. The van der Waals surface area contributed by atoms with Crippen LogP contribution in [0.25, 0.3) is 6.08 Å². The molecule has 10 nitrogen and oxygen atoms in total. The van der Waals surface area contributed by atoms with Crippen LogP contribution in [0.5, 0.6) is 0 Å². The van der Waals surface area contributed by atoms with Crippen molar-refractivity contribution in [1.82, 2.24) is 0 Å². The van der Waals surface area contributed by atoms with Crippen molar-refractivity contribution in [1.29, 1.82) is 0 Å². The molecule has 6 fully saturated rings. The number of benzene rings is 1. The summed E-state index contributed by atoms with van der Waals surface area (Å²) in [5.41, 5.74) is 1.65. The summed E-state index contributed by atoms with van der Waals surface area (Å²) in [6.45, 7) is 35.7. The SMILES string of the molecule is C=Cc1ccc([Si]23O[Si]4(CC(C)C)O[Si]5(CC(C)C)C[Si]6(CC(C)C)O[Si](CC(C)C)(O4)O[Si](CC(C)C)(O2)[Si][Si](CC(C)C)(O6)O[Si](CC(C)C)(O5)O3)cc1. The molecule has 7 rings (SSSR count). The van der Waals surface area contributed by atoms with Crippen molar-refractivity contribution in [2.24, 2.45) is 41.4 Å². The molecule has 0 aliphatic carbocycles. The van der Waals surface area contributed by atoms with Gasteiger partial charge in [-0.1, -0.05) is 134 Å². The molecule has 8 bridgehead atoms. The zero-order valence-corrected chi connectivity index (χ0v) is 45.9. The highest BCUT2D eigenvalue weighted by molar-refractivity contribution is 7.50. The third-order valence-electron chi connectivity index (χ3n) is 10.4. The van der Waals surface area contributed by atoms with Crippen LogP contribution in [0.15, 0.2) is 30.8 Å². The molecule has 56 heavy (non-hydrogen) atoms. The maximum atomic E-state index is 8.24. The molecule has 6 aliphatic rings. The molecule has 6 heterocycles. The van der Waals surface area contributed by atoms with Gasteiger partial charge in [0.25, 0.3) is 16.2 Å². The van der Waals surface area contributed by atoms with Gasteiger partial charge in [-0.15, -0.1) is 0 Å². The van der Waals surface area contributed by atoms with Gasteiger partial charge < -0.3 is 41.2 Å². The molecule has 6 aliphatic heterocycles. The molecular formula is C37H72O10Si9. The average molecular weight is 930 g/mol. The second-order valence-corrected chi connectivity index (χ2v) is 53.0. The first-order valence-corrected chi connectivity index (χ1v) is 40.5. The van der Waals surface area contributed by atoms with E-state index in [9.17, 15) is 0 Å². The quantitative estimate of drug-likeness (QED) is 0.150. The molecule has 0 amide bonds. The van der Waals surface area contributed by atoms with Crippen LogP contribution in [0, 0.1) is 41.4 Å². The van der Waals surface area contributed by atoms with Gasteiger partial charge in [0.15, 0.2) is 8.55 Å². The van der Waals surface area contributed by atoms with Gasteiger partial charge in [0.05, 0.1) is 0 Å². The molecule has 8 atom stereocenters. The standard InChI is InChI=1S/C37H72O10Si9/c1-16-36-17-19-37(20-18-36)56-45-52(24-32(8)9)38-49(21-29(2)3)28-50(22-30(4)5)40-51(42-52,23-31(6)7)43-55(47-56,27-35(14)15)48-54(41-50,26-34(12)13)44-53(39-49,46-56)25-33(10)11/h16-20,29-35H,1,21-28H2,2-15H3. The number of hydrogen-bond donors (Lipinski definition) is 0. The monoisotopic (exact) mass is 928 g/mol. The van der Waals surface area contributed by atoms with Crippen molar-refractivity contribution in [3.8, 4) is 0 Å². The lowest BCUT2D eigenvalue weighted by molar-refractivity contribution is 0.0493. The van der Waals surface area contributed by atoms with Crippen molar-refractivity contribution in [3.63, 3.8) is 0 Å². The van der Waals surface area contributed by atoms with Crippen LogP contribution in [0.3, 0.4) is 0 Å². The van der Waals surface area contributed by atoms with E-state index in [1.165, 1.54) is 0 Å². The summed E-state index contributed by atoms with van der Waals surface area (Å²) in [6, 6.07) is 13.2. The van der Waals surface area contributed by atoms with Gasteiger partial charge in [0, 0.05) is 29.0 Å². The van der Waals surface area contributed by atoms with Crippen LogP contribution in [0.1, 0.15) is 102 Å². The molecule has 1 aromatic carbocycles. The predicted octanol–water partition coefficient (Wildman–Crippen LogP) is 9.12. The van der Waals surface area contributed by atoms with Crippen LogP contribution in [0.4, 0.5) is 0 Å². The summed E-state index contributed by atoms with van der Waals surface area (Å²) in [5.74, 6) is 1.75. The fourth-order valence-corrected chi connectivity index (χ4v) is 88.3. The summed E-state index contributed by atoms with van der Waals surface area (Å²) >= 11 is 0. The summed E-state index contributed by atoms with van der Waals surface area (Å²) in [4.78, 5) is 0. The van der Waals surface area contributed by atoms with Gasteiger partial charge in [-0.3, -0.25) is 0 Å². The van der Waals surface area contributed by atoms with Gasteiger partial charge in [-0.05, 0) is 71.2 Å². The van der Waals surface area contributed by atoms with Crippen LogP contribution < -0.4 is 5.19 Å². The molecule has 0 aromatic heterocycles. The summed E-state index contributed by atoms with van der Waals surface area (Å²) in [5, 5.41) is 0.867. The zero-order valence-electron chi connectivity index (χ0n) is 36.9. The molecule has 0 saturated carbocycles. The molecule has 2 radical (unpaired) electrons. The Morgan fingerprint density at radius 2 is 0.839 bits per heavy atom. The van der Waals surface area contributed by atoms with Crippen molar-refractivity contribution in [3.05, 3.63) is 36.4 Å². The lowest BCUT2D eigenvalue weighted by atomic mass is 10.2. The van der Waals surface area contributed by atoms with E-state index in [4.69, 9.17) is 41.2 Å². The highest BCUT2D eigenvalue weighted by Gasteiger charge is 2.81. The van der Waals surface area contributed by atoms with Crippen molar-refractivity contribution >= 4 is 88.3 Å². The number of rotatable bonds is 16. The lowest BCUT2D eigenvalue weighted by Crippen LogP contribution is -2.90. The Morgan fingerprint density at radius 3 is 1.25 bits per heavy atom.